The molecule has 0 saturated heterocycles. The Hall–Kier alpha value is -3.40. The minimum absolute atomic E-state index is 0.426. The van der Waals surface area contributed by atoms with Crippen molar-refractivity contribution < 1.29 is 19.1 Å². The molecule has 4 nitrogen and oxygen atoms in total. The maximum Gasteiger partial charge on any atom is 0.343 e. The van der Waals surface area contributed by atoms with E-state index in [-0.39, 0.29) is 0 Å². The molecule has 0 radical (unpaired) electrons. The van der Waals surface area contributed by atoms with Crippen molar-refractivity contribution in [2.45, 2.75) is 27.7 Å². The summed E-state index contributed by atoms with van der Waals surface area (Å²) >= 11 is 0. The molecule has 3 rings (SSSR count). The topological polar surface area (TPSA) is 52.6 Å². The molecule has 0 heterocycles. The highest BCUT2D eigenvalue weighted by Gasteiger charge is 2.17. The third-order valence-corrected chi connectivity index (χ3v) is 4.46. The number of esters is 2. The Morgan fingerprint density at radius 1 is 0.643 bits per heavy atom. The molecule has 0 bridgehead atoms. The maximum atomic E-state index is 12.5. The van der Waals surface area contributed by atoms with Gasteiger partial charge in [-0.05, 0) is 75.2 Å². The van der Waals surface area contributed by atoms with Gasteiger partial charge in [0.05, 0.1) is 11.1 Å². The first kappa shape index (κ1) is 19.4. The van der Waals surface area contributed by atoms with E-state index in [4.69, 9.17) is 9.47 Å². The Balaban J connectivity index is 1.78. The zero-order valence-electron chi connectivity index (χ0n) is 16.4. The molecule has 4 heteroatoms. The van der Waals surface area contributed by atoms with Gasteiger partial charge in [0.1, 0.15) is 11.5 Å². The largest absolute Gasteiger partial charge is 0.423 e. The number of benzene rings is 3. The van der Waals surface area contributed by atoms with Gasteiger partial charge < -0.3 is 9.47 Å². The van der Waals surface area contributed by atoms with Crippen LogP contribution >= 0.6 is 0 Å². The van der Waals surface area contributed by atoms with Crippen molar-refractivity contribution in [2.75, 3.05) is 0 Å². The van der Waals surface area contributed by atoms with Crippen LogP contribution in [0, 0.1) is 27.7 Å². The zero-order chi connectivity index (χ0) is 20.3. The highest BCUT2D eigenvalue weighted by molar-refractivity contribution is 5.94. The summed E-state index contributed by atoms with van der Waals surface area (Å²) in [6, 6.07) is 17.8. The molecular formula is C24H22O4. The van der Waals surface area contributed by atoms with Gasteiger partial charge in [-0.2, -0.15) is 0 Å². The monoisotopic (exact) mass is 374 g/mol. The van der Waals surface area contributed by atoms with Gasteiger partial charge in [-0.15, -0.1) is 0 Å². The Morgan fingerprint density at radius 2 is 1.21 bits per heavy atom. The molecule has 0 saturated carbocycles. The first-order valence-electron chi connectivity index (χ1n) is 9.02. The van der Waals surface area contributed by atoms with Gasteiger partial charge in [0.2, 0.25) is 0 Å². The van der Waals surface area contributed by atoms with Crippen LogP contribution in [0.25, 0.3) is 0 Å². The lowest BCUT2D eigenvalue weighted by Crippen LogP contribution is -2.13. The number of rotatable bonds is 4. The number of aryl methyl sites for hydroxylation is 4. The summed E-state index contributed by atoms with van der Waals surface area (Å²) in [5.41, 5.74) is 4.43. The van der Waals surface area contributed by atoms with Gasteiger partial charge in [-0.3, -0.25) is 0 Å². The van der Waals surface area contributed by atoms with Gasteiger partial charge >= 0.3 is 11.9 Å². The van der Waals surface area contributed by atoms with E-state index in [0.29, 0.717) is 33.8 Å². The molecule has 0 unspecified atom stereocenters. The number of hydrogen-bond acceptors (Lipinski definition) is 4. The molecule has 0 aliphatic rings. The van der Waals surface area contributed by atoms with Crippen LogP contribution in [0.3, 0.4) is 0 Å². The quantitative estimate of drug-likeness (QED) is 0.456. The lowest BCUT2D eigenvalue weighted by atomic mass is 10.0. The smallest absolute Gasteiger partial charge is 0.343 e. The molecule has 3 aromatic rings. The van der Waals surface area contributed by atoms with Gasteiger partial charge in [0, 0.05) is 0 Å². The van der Waals surface area contributed by atoms with Crippen molar-refractivity contribution in [3.63, 3.8) is 0 Å². The fraction of sp³-hybridized carbons (Fsp3) is 0.167. The van der Waals surface area contributed by atoms with E-state index in [1.54, 1.807) is 50.2 Å². The first-order chi connectivity index (χ1) is 13.3. The van der Waals surface area contributed by atoms with Crippen molar-refractivity contribution in [2.24, 2.45) is 0 Å². The Morgan fingerprint density at radius 3 is 1.82 bits per heavy atom. The Labute approximate surface area is 164 Å². The average Bonchev–Trinajstić information content (AvgIpc) is 2.66. The Bertz CT molecular complexity index is 1020. The second-order valence-electron chi connectivity index (χ2n) is 6.89. The van der Waals surface area contributed by atoms with Crippen molar-refractivity contribution in [3.8, 4) is 11.5 Å². The van der Waals surface area contributed by atoms with Gasteiger partial charge in [0.15, 0.2) is 0 Å². The van der Waals surface area contributed by atoms with Gasteiger partial charge in [-0.25, -0.2) is 9.59 Å². The van der Waals surface area contributed by atoms with Crippen LogP contribution in [0.2, 0.25) is 0 Å². The molecular weight excluding hydrogens is 352 g/mol. The van der Waals surface area contributed by atoms with Crippen molar-refractivity contribution in [1.29, 1.82) is 0 Å². The summed E-state index contributed by atoms with van der Waals surface area (Å²) in [6.45, 7) is 7.50. The molecule has 0 fully saturated rings. The molecule has 0 N–H and O–H groups in total. The van der Waals surface area contributed by atoms with E-state index in [2.05, 4.69) is 0 Å². The maximum absolute atomic E-state index is 12.5. The summed E-state index contributed by atoms with van der Waals surface area (Å²) in [5, 5.41) is 0. The van der Waals surface area contributed by atoms with Crippen molar-refractivity contribution >= 4 is 11.9 Å². The van der Waals surface area contributed by atoms with Gasteiger partial charge in [0.25, 0.3) is 0 Å². The van der Waals surface area contributed by atoms with Crippen LogP contribution in [0.15, 0.2) is 60.7 Å². The summed E-state index contributed by atoms with van der Waals surface area (Å²) in [7, 11) is 0. The molecule has 0 aliphatic heterocycles. The fourth-order valence-electron chi connectivity index (χ4n) is 2.74. The second kappa shape index (κ2) is 8.09. The standard InChI is InChI=1S/C24H22O4/c1-15-5-9-19(10-6-15)23(25)28-22-14-17(3)21(13-18(22)4)24(26)27-20-11-7-16(2)8-12-20/h5-14H,1-4H3. The summed E-state index contributed by atoms with van der Waals surface area (Å²) in [6.07, 6.45) is 0. The summed E-state index contributed by atoms with van der Waals surface area (Å²) in [5.74, 6) is 0.0378. The van der Waals surface area contributed by atoms with Crippen LogP contribution in [-0.2, 0) is 0 Å². The minimum atomic E-state index is -0.444. The second-order valence-corrected chi connectivity index (χ2v) is 6.89. The predicted molar refractivity (Wildman–Crippen MR) is 108 cm³/mol. The van der Waals surface area contributed by atoms with E-state index in [1.807, 2.05) is 38.1 Å². The highest BCUT2D eigenvalue weighted by Crippen LogP contribution is 2.25. The van der Waals surface area contributed by atoms with Crippen molar-refractivity contribution in [3.05, 3.63) is 94.0 Å². The van der Waals surface area contributed by atoms with Crippen LogP contribution < -0.4 is 9.47 Å². The molecule has 0 aliphatic carbocycles. The number of carbonyl (C=O) groups excluding carboxylic acids is 2. The highest BCUT2D eigenvalue weighted by atomic mass is 16.5. The van der Waals surface area contributed by atoms with Crippen LogP contribution in [0.1, 0.15) is 43.0 Å². The number of carbonyl (C=O) groups is 2. The average molecular weight is 374 g/mol. The van der Waals surface area contributed by atoms with Crippen LogP contribution in [0.5, 0.6) is 11.5 Å². The third-order valence-electron chi connectivity index (χ3n) is 4.46. The van der Waals surface area contributed by atoms with Gasteiger partial charge in [-0.1, -0.05) is 35.4 Å². The predicted octanol–water partition coefficient (Wildman–Crippen LogP) is 5.36. The SMILES string of the molecule is Cc1ccc(OC(=O)c2cc(C)c(OC(=O)c3ccc(C)cc3)cc2C)cc1. The lowest BCUT2D eigenvalue weighted by molar-refractivity contribution is 0.0729. The van der Waals surface area contributed by atoms with E-state index in [9.17, 15) is 9.59 Å². The molecule has 3 aromatic carbocycles. The molecule has 0 amide bonds. The molecule has 0 spiro atoms. The van der Waals surface area contributed by atoms with E-state index in [1.165, 1.54) is 0 Å². The zero-order valence-corrected chi connectivity index (χ0v) is 16.4. The van der Waals surface area contributed by atoms with E-state index < -0.39 is 11.9 Å². The molecule has 28 heavy (non-hydrogen) atoms. The summed E-state index contributed by atoms with van der Waals surface area (Å²) < 4.78 is 11.0. The number of hydrogen-bond donors (Lipinski definition) is 0. The Kier molecular flexibility index (Phi) is 5.59. The van der Waals surface area contributed by atoms with Crippen molar-refractivity contribution in [1.82, 2.24) is 0 Å². The molecule has 0 aromatic heterocycles. The summed E-state index contributed by atoms with van der Waals surface area (Å²) in [4.78, 5) is 24.9. The fourth-order valence-corrected chi connectivity index (χ4v) is 2.74. The first-order valence-corrected chi connectivity index (χ1v) is 9.02. The van der Waals surface area contributed by atoms with E-state index >= 15 is 0 Å². The molecule has 0 atom stereocenters. The third kappa shape index (κ3) is 4.46. The number of ether oxygens (including phenoxy) is 2. The van der Waals surface area contributed by atoms with Crippen LogP contribution in [-0.4, -0.2) is 11.9 Å². The van der Waals surface area contributed by atoms with Crippen LogP contribution in [0.4, 0.5) is 0 Å². The normalized spacial score (nSPS) is 10.4. The van der Waals surface area contributed by atoms with E-state index in [0.717, 1.165) is 11.1 Å². The molecule has 142 valence electrons. The minimum Gasteiger partial charge on any atom is -0.423 e. The lowest BCUT2D eigenvalue weighted by Gasteiger charge is -2.12.